The molecule has 1 aromatic heterocycles. The maximum absolute atomic E-state index is 12.0. The first-order chi connectivity index (χ1) is 14.3. The molecule has 1 fully saturated rings. The highest BCUT2D eigenvalue weighted by Gasteiger charge is 2.24. The molecular formula is C22H30N4O4. The topological polar surface area (TPSA) is 85.8 Å². The van der Waals surface area contributed by atoms with Crippen LogP contribution in [0.2, 0.25) is 0 Å². The van der Waals surface area contributed by atoms with E-state index in [-0.39, 0.29) is 12.0 Å². The van der Waals surface area contributed by atoms with Crippen molar-refractivity contribution >= 4 is 11.9 Å². The normalized spacial score (nSPS) is 16.7. The van der Waals surface area contributed by atoms with Gasteiger partial charge in [0.05, 0.1) is 25.5 Å². The van der Waals surface area contributed by atoms with Gasteiger partial charge >= 0.3 is 6.09 Å². The van der Waals surface area contributed by atoms with Gasteiger partial charge in [-0.05, 0) is 52.7 Å². The minimum atomic E-state index is -0.554. The summed E-state index contributed by atoms with van der Waals surface area (Å²) in [5, 5.41) is 2.74. The number of amides is 1. The van der Waals surface area contributed by atoms with Gasteiger partial charge in [0, 0.05) is 12.1 Å². The van der Waals surface area contributed by atoms with Crippen LogP contribution in [0.4, 0.5) is 10.6 Å². The summed E-state index contributed by atoms with van der Waals surface area (Å²) >= 11 is 0. The fourth-order valence-corrected chi connectivity index (χ4v) is 3.21. The standard InChI is InChI=1S/C22H30N4O4/c1-5-28-17-10-6-7-11-18(17)29-16-9-8-12-26(15-16)19-13-23-14-20(24-19)30-21(27)25-22(2,3)4/h6-7,10-11,13-14,16H,5,8-9,12,15H2,1-4H3,(H,25,27)/t16-/m1/s1. The fourth-order valence-electron chi connectivity index (χ4n) is 3.21. The zero-order valence-corrected chi connectivity index (χ0v) is 18.1. The van der Waals surface area contributed by atoms with Gasteiger partial charge in [0.25, 0.3) is 0 Å². The Balaban J connectivity index is 1.65. The number of ether oxygens (including phenoxy) is 3. The van der Waals surface area contributed by atoms with Crippen LogP contribution >= 0.6 is 0 Å². The SMILES string of the molecule is CCOc1ccccc1O[C@@H]1CCCN(c2cncc(OC(=O)NC(C)(C)C)n2)C1. The van der Waals surface area contributed by atoms with Crippen molar-refractivity contribution in [2.24, 2.45) is 0 Å². The van der Waals surface area contributed by atoms with Gasteiger partial charge in [0.1, 0.15) is 6.10 Å². The van der Waals surface area contributed by atoms with Crippen LogP contribution in [0.3, 0.4) is 0 Å². The van der Waals surface area contributed by atoms with Crippen LogP contribution in [0.15, 0.2) is 36.7 Å². The molecule has 0 aliphatic carbocycles. The third kappa shape index (κ3) is 6.23. The summed E-state index contributed by atoms with van der Waals surface area (Å²) in [6.45, 7) is 9.68. The zero-order valence-electron chi connectivity index (χ0n) is 18.1. The third-order valence-electron chi connectivity index (χ3n) is 4.42. The van der Waals surface area contributed by atoms with E-state index in [0.29, 0.717) is 19.0 Å². The Morgan fingerprint density at radius 3 is 2.73 bits per heavy atom. The van der Waals surface area contributed by atoms with Gasteiger partial charge in [-0.1, -0.05) is 12.1 Å². The molecular weight excluding hydrogens is 384 g/mol. The second kappa shape index (κ2) is 9.65. The Bertz CT molecular complexity index is 853. The van der Waals surface area contributed by atoms with E-state index >= 15 is 0 Å². The van der Waals surface area contributed by atoms with Crippen LogP contribution in [-0.2, 0) is 0 Å². The molecule has 8 heteroatoms. The van der Waals surface area contributed by atoms with Gasteiger partial charge < -0.3 is 24.4 Å². The lowest BCUT2D eigenvalue weighted by Crippen LogP contribution is -2.43. The second-order valence-electron chi connectivity index (χ2n) is 8.19. The van der Waals surface area contributed by atoms with E-state index in [9.17, 15) is 4.79 Å². The van der Waals surface area contributed by atoms with Crippen molar-refractivity contribution in [2.75, 3.05) is 24.6 Å². The molecule has 0 spiro atoms. The van der Waals surface area contributed by atoms with E-state index in [1.165, 1.54) is 6.20 Å². The van der Waals surface area contributed by atoms with Gasteiger partial charge in [-0.15, -0.1) is 0 Å². The Morgan fingerprint density at radius 1 is 1.23 bits per heavy atom. The van der Waals surface area contributed by atoms with Crippen molar-refractivity contribution in [1.29, 1.82) is 0 Å². The minimum Gasteiger partial charge on any atom is -0.490 e. The summed E-state index contributed by atoms with van der Waals surface area (Å²) in [5.74, 6) is 2.31. The molecule has 3 rings (SSSR count). The molecule has 1 atom stereocenters. The summed E-state index contributed by atoms with van der Waals surface area (Å²) in [6, 6.07) is 7.70. The molecule has 1 N–H and O–H groups in total. The first-order valence-corrected chi connectivity index (χ1v) is 10.3. The van der Waals surface area contributed by atoms with Crippen LogP contribution < -0.4 is 24.4 Å². The molecule has 1 aliphatic rings. The maximum Gasteiger partial charge on any atom is 0.414 e. The van der Waals surface area contributed by atoms with Gasteiger partial charge in [0.2, 0.25) is 5.88 Å². The maximum atomic E-state index is 12.0. The summed E-state index contributed by atoms with van der Waals surface area (Å²) in [4.78, 5) is 22.7. The van der Waals surface area contributed by atoms with Crippen LogP contribution in [0.1, 0.15) is 40.5 Å². The van der Waals surface area contributed by atoms with E-state index in [1.54, 1.807) is 6.20 Å². The molecule has 8 nitrogen and oxygen atoms in total. The van der Waals surface area contributed by atoms with E-state index in [2.05, 4.69) is 20.2 Å². The lowest BCUT2D eigenvalue weighted by Gasteiger charge is -2.33. The van der Waals surface area contributed by atoms with Gasteiger partial charge in [0.15, 0.2) is 17.3 Å². The molecule has 2 aromatic rings. The molecule has 1 saturated heterocycles. The van der Waals surface area contributed by atoms with Crippen molar-refractivity contribution in [3.63, 3.8) is 0 Å². The molecule has 30 heavy (non-hydrogen) atoms. The summed E-state index contributed by atoms with van der Waals surface area (Å²) < 4.78 is 17.2. The molecule has 0 radical (unpaired) electrons. The van der Waals surface area contributed by atoms with Crippen molar-refractivity contribution < 1.29 is 19.0 Å². The fraction of sp³-hybridized carbons (Fsp3) is 0.500. The largest absolute Gasteiger partial charge is 0.490 e. The number of anilines is 1. The zero-order chi connectivity index (χ0) is 21.6. The number of nitrogens with one attached hydrogen (secondary N) is 1. The lowest BCUT2D eigenvalue weighted by molar-refractivity contribution is 0.169. The number of piperidine rings is 1. The Hall–Kier alpha value is -3.03. The number of aromatic nitrogens is 2. The van der Waals surface area contributed by atoms with Gasteiger partial charge in [-0.25, -0.2) is 4.79 Å². The van der Waals surface area contributed by atoms with Crippen LogP contribution in [0, 0.1) is 0 Å². The van der Waals surface area contributed by atoms with E-state index in [4.69, 9.17) is 14.2 Å². The van der Waals surface area contributed by atoms with Gasteiger partial charge in [-0.2, -0.15) is 4.98 Å². The Kier molecular flexibility index (Phi) is 6.97. The number of carbonyl (C=O) groups excluding carboxylic acids is 1. The van der Waals surface area contributed by atoms with Crippen molar-refractivity contribution in [2.45, 2.75) is 52.2 Å². The molecule has 2 heterocycles. The average molecular weight is 415 g/mol. The van der Waals surface area contributed by atoms with Crippen LogP contribution in [0.5, 0.6) is 17.4 Å². The van der Waals surface area contributed by atoms with Crippen molar-refractivity contribution in [3.05, 3.63) is 36.7 Å². The predicted octanol–water partition coefficient (Wildman–Crippen LogP) is 3.81. The molecule has 1 aromatic carbocycles. The highest BCUT2D eigenvalue weighted by Crippen LogP contribution is 2.30. The summed E-state index contributed by atoms with van der Waals surface area (Å²) in [5.41, 5.74) is -0.392. The Labute approximate surface area is 177 Å². The summed E-state index contributed by atoms with van der Waals surface area (Å²) in [7, 11) is 0. The van der Waals surface area contributed by atoms with Crippen molar-refractivity contribution in [1.82, 2.24) is 15.3 Å². The van der Waals surface area contributed by atoms with Crippen LogP contribution in [-0.4, -0.2) is 47.4 Å². The molecule has 1 amide bonds. The first-order valence-electron chi connectivity index (χ1n) is 10.3. The monoisotopic (exact) mass is 414 g/mol. The summed E-state index contributed by atoms with van der Waals surface area (Å²) in [6.07, 6.45) is 4.44. The van der Waals surface area contributed by atoms with Gasteiger partial charge in [-0.3, -0.25) is 4.98 Å². The van der Waals surface area contributed by atoms with E-state index < -0.39 is 11.6 Å². The molecule has 1 aliphatic heterocycles. The minimum absolute atomic E-state index is 0.00378. The molecule has 0 bridgehead atoms. The molecule has 0 saturated carbocycles. The predicted molar refractivity (Wildman–Crippen MR) is 114 cm³/mol. The smallest absolute Gasteiger partial charge is 0.414 e. The number of hydrogen-bond donors (Lipinski definition) is 1. The van der Waals surface area contributed by atoms with E-state index in [0.717, 1.165) is 30.9 Å². The molecule has 0 unspecified atom stereocenters. The van der Waals surface area contributed by atoms with Crippen LogP contribution in [0.25, 0.3) is 0 Å². The molecule has 162 valence electrons. The third-order valence-corrected chi connectivity index (χ3v) is 4.42. The highest BCUT2D eigenvalue weighted by molar-refractivity contribution is 5.70. The lowest BCUT2D eigenvalue weighted by atomic mass is 10.1. The van der Waals surface area contributed by atoms with Crippen molar-refractivity contribution in [3.8, 4) is 17.4 Å². The quantitative estimate of drug-likeness (QED) is 0.769. The number of benzene rings is 1. The first kappa shape index (κ1) is 21.7. The number of rotatable bonds is 6. The number of hydrogen-bond acceptors (Lipinski definition) is 7. The number of nitrogens with zero attached hydrogens (tertiary/aromatic N) is 3. The highest BCUT2D eigenvalue weighted by atomic mass is 16.6. The van der Waals surface area contributed by atoms with E-state index in [1.807, 2.05) is 52.0 Å². The average Bonchev–Trinajstić information content (AvgIpc) is 2.69. The number of carbonyl (C=O) groups is 1. The second-order valence-corrected chi connectivity index (χ2v) is 8.19. The Morgan fingerprint density at radius 2 is 2.00 bits per heavy atom. The number of para-hydroxylation sites is 2.